The van der Waals surface area contributed by atoms with Crippen LogP contribution in [-0.2, 0) is 0 Å². The normalized spacial score (nSPS) is 21.2. The molecular formula is C17H22N4S. The maximum Gasteiger partial charge on any atom is 0.170 e. The fourth-order valence-corrected chi connectivity index (χ4v) is 3.61. The van der Waals surface area contributed by atoms with Crippen LogP contribution in [0.3, 0.4) is 0 Å². The number of thiocarbonyl (C=S) groups is 1. The van der Waals surface area contributed by atoms with Crippen LogP contribution in [0.1, 0.15) is 48.1 Å². The Morgan fingerprint density at radius 2 is 2.14 bits per heavy atom. The van der Waals surface area contributed by atoms with Crippen LogP contribution < -0.4 is 5.32 Å². The molecule has 0 amide bonds. The molecule has 0 bridgehead atoms. The number of aromatic nitrogens is 2. The summed E-state index contributed by atoms with van der Waals surface area (Å²) in [4.78, 5) is 10.3. The number of aryl methyl sites for hydroxylation is 2. The van der Waals surface area contributed by atoms with E-state index in [-0.39, 0.29) is 12.1 Å². The van der Waals surface area contributed by atoms with Gasteiger partial charge in [0.1, 0.15) is 0 Å². The predicted octanol–water partition coefficient (Wildman–Crippen LogP) is 3.41. The SMILES string of the molecule is CCCN1C(=S)N[C@@H](c2ccccn2)[C@@H]1c1cc(C)[nH]c1C. The molecule has 0 aliphatic carbocycles. The van der Waals surface area contributed by atoms with Gasteiger partial charge in [0.05, 0.1) is 17.8 Å². The number of nitrogens with one attached hydrogen (secondary N) is 2. The third kappa shape index (κ3) is 2.61. The summed E-state index contributed by atoms with van der Waals surface area (Å²) in [7, 11) is 0. The van der Waals surface area contributed by atoms with Crippen LogP contribution in [0, 0.1) is 13.8 Å². The average molecular weight is 314 g/mol. The summed E-state index contributed by atoms with van der Waals surface area (Å²) in [5.41, 5.74) is 4.72. The van der Waals surface area contributed by atoms with Crippen molar-refractivity contribution >= 4 is 17.3 Å². The molecule has 3 rings (SSSR count). The van der Waals surface area contributed by atoms with Gasteiger partial charge < -0.3 is 15.2 Å². The van der Waals surface area contributed by atoms with Crippen LogP contribution in [0.25, 0.3) is 0 Å². The molecule has 4 nitrogen and oxygen atoms in total. The van der Waals surface area contributed by atoms with E-state index in [9.17, 15) is 0 Å². The molecule has 0 unspecified atom stereocenters. The first kappa shape index (κ1) is 15.0. The van der Waals surface area contributed by atoms with Crippen molar-refractivity contribution in [3.8, 4) is 0 Å². The Bertz CT molecular complexity index is 665. The fraction of sp³-hybridized carbons (Fsp3) is 0.412. The minimum atomic E-state index is 0.0918. The fourth-order valence-electron chi connectivity index (χ4n) is 3.28. The van der Waals surface area contributed by atoms with E-state index >= 15 is 0 Å². The summed E-state index contributed by atoms with van der Waals surface area (Å²) in [5, 5.41) is 4.29. The van der Waals surface area contributed by atoms with Gasteiger partial charge in [0, 0.05) is 24.1 Å². The van der Waals surface area contributed by atoms with E-state index in [2.05, 4.69) is 53.1 Å². The number of hydrogen-bond acceptors (Lipinski definition) is 2. The van der Waals surface area contributed by atoms with Gasteiger partial charge in [-0.25, -0.2) is 0 Å². The van der Waals surface area contributed by atoms with Gasteiger partial charge in [-0.05, 0) is 56.2 Å². The predicted molar refractivity (Wildman–Crippen MR) is 92.7 cm³/mol. The lowest BCUT2D eigenvalue weighted by Gasteiger charge is -2.27. The number of hydrogen-bond donors (Lipinski definition) is 2. The van der Waals surface area contributed by atoms with Crippen LogP contribution in [0.15, 0.2) is 30.5 Å². The van der Waals surface area contributed by atoms with E-state index < -0.39 is 0 Å². The molecule has 1 saturated heterocycles. The van der Waals surface area contributed by atoms with Gasteiger partial charge in [0.2, 0.25) is 0 Å². The molecular weight excluding hydrogens is 292 g/mol. The van der Waals surface area contributed by atoms with E-state index in [1.807, 2.05) is 18.3 Å². The molecule has 2 aromatic rings. The Labute approximate surface area is 136 Å². The second-order valence-electron chi connectivity index (χ2n) is 5.85. The van der Waals surface area contributed by atoms with Crippen molar-refractivity contribution in [2.45, 2.75) is 39.3 Å². The standard InChI is InChI=1S/C17H22N4S/c1-4-9-21-16(13-10-11(2)19-12(13)3)15(20-17(21)22)14-7-5-6-8-18-14/h5-8,10,15-16,19H,4,9H2,1-3H3,(H,20,22)/t15-,16-/m0/s1. The summed E-state index contributed by atoms with van der Waals surface area (Å²) in [6.07, 6.45) is 2.91. The van der Waals surface area contributed by atoms with E-state index in [4.69, 9.17) is 12.2 Å². The Kier molecular flexibility index (Phi) is 4.16. The van der Waals surface area contributed by atoms with E-state index in [1.54, 1.807) is 0 Å². The van der Waals surface area contributed by atoms with Gasteiger partial charge >= 0.3 is 0 Å². The molecule has 2 aromatic heterocycles. The number of nitrogens with zero attached hydrogens (tertiary/aromatic N) is 2. The maximum atomic E-state index is 5.59. The topological polar surface area (TPSA) is 44.0 Å². The van der Waals surface area contributed by atoms with Crippen molar-refractivity contribution in [2.24, 2.45) is 0 Å². The van der Waals surface area contributed by atoms with E-state index in [0.29, 0.717) is 0 Å². The summed E-state index contributed by atoms with van der Waals surface area (Å²) in [6.45, 7) is 7.35. The van der Waals surface area contributed by atoms with Gasteiger partial charge in [0.25, 0.3) is 0 Å². The number of rotatable bonds is 4. The lowest BCUT2D eigenvalue weighted by Crippen LogP contribution is -2.30. The molecule has 0 radical (unpaired) electrons. The lowest BCUT2D eigenvalue weighted by atomic mass is 9.97. The van der Waals surface area contributed by atoms with Crippen LogP contribution in [0.5, 0.6) is 0 Å². The molecule has 5 heteroatoms. The first-order chi connectivity index (χ1) is 10.6. The van der Waals surface area contributed by atoms with Crippen molar-refractivity contribution in [3.63, 3.8) is 0 Å². The number of pyridine rings is 1. The van der Waals surface area contributed by atoms with Crippen LogP contribution in [-0.4, -0.2) is 26.5 Å². The Balaban J connectivity index is 2.05. The van der Waals surface area contributed by atoms with Crippen molar-refractivity contribution < 1.29 is 0 Å². The molecule has 2 atom stereocenters. The smallest absolute Gasteiger partial charge is 0.170 e. The first-order valence-corrected chi connectivity index (χ1v) is 8.16. The zero-order chi connectivity index (χ0) is 15.7. The molecule has 1 aliphatic rings. The second-order valence-corrected chi connectivity index (χ2v) is 6.24. The minimum absolute atomic E-state index is 0.0918. The molecule has 2 N–H and O–H groups in total. The highest BCUT2D eigenvalue weighted by atomic mass is 32.1. The second kappa shape index (κ2) is 6.08. The van der Waals surface area contributed by atoms with Crippen LogP contribution in [0.2, 0.25) is 0 Å². The number of aromatic amines is 1. The molecule has 0 aromatic carbocycles. The molecule has 116 valence electrons. The maximum absolute atomic E-state index is 5.59. The van der Waals surface area contributed by atoms with Gasteiger partial charge in [-0.15, -0.1) is 0 Å². The molecule has 0 spiro atoms. The third-order valence-corrected chi connectivity index (χ3v) is 4.52. The summed E-state index contributed by atoms with van der Waals surface area (Å²) in [6, 6.07) is 8.55. The minimum Gasteiger partial charge on any atom is -0.362 e. The summed E-state index contributed by atoms with van der Waals surface area (Å²) >= 11 is 5.59. The largest absolute Gasteiger partial charge is 0.362 e. The average Bonchev–Trinajstić information content (AvgIpc) is 3.00. The van der Waals surface area contributed by atoms with Crippen molar-refractivity contribution in [1.29, 1.82) is 0 Å². The van der Waals surface area contributed by atoms with Gasteiger partial charge in [-0.1, -0.05) is 13.0 Å². The molecule has 1 fully saturated rings. The Hall–Kier alpha value is -1.88. The lowest BCUT2D eigenvalue weighted by molar-refractivity contribution is 0.317. The van der Waals surface area contributed by atoms with Gasteiger partial charge in [-0.2, -0.15) is 0 Å². The third-order valence-electron chi connectivity index (χ3n) is 4.17. The zero-order valence-corrected chi connectivity index (χ0v) is 14.1. The van der Waals surface area contributed by atoms with Crippen molar-refractivity contribution in [3.05, 3.63) is 53.1 Å². The summed E-state index contributed by atoms with van der Waals surface area (Å²) < 4.78 is 0. The highest BCUT2D eigenvalue weighted by Crippen LogP contribution is 2.39. The number of H-pyrrole nitrogens is 1. The highest BCUT2D eigenvalue weighted by Gasteiger charge is 2.40. The Morgan fingerprint density at radius 1 is 1.32 bits per heavy atom. The van der Waals surface area contributed by atoms with Crippen LogP contribution >= 0.6 is 12.2 Å². The molecule has 0 saturated carbocycles. The van der Waals surface area contributed by atoms with E-state index in [1.165, 1.54) is 17.0 Å². The van der Waals surface area contributed by atoms with Crippen molar-refractivity contribution in [1.82, 2.24) is 20.2 Å². The monoisotopic (exact) mass is 314 g/mol. The first-order valence-electron chi connectivity index (χ1n) is 7.76. The zero-order valence-electron chi connectivity index (χ0n) is 13.3. The quantitative estimate of drug-likeness (QED) is 0.849. The summed E-state index contributed by atoms with van der Waals surface area (Å²) in [5.74, 6) is 0. The van der Waals surface area contributed by atoms with Gasteiger partial charge in [-0.3, -0.25) is 4.98 Å². The van der Waals surface area contributed by atoms with Gasteiger partial charge in [0.15, 0.2) is 5.11 Å². The van der Waals surface area contributed by atoms with Crippen molar-refractivity contribution in [2.75, 3.05) is 6.54 Å². The van der Waals surface area contributed by atoms with Crippen LogP contribution in [0.4, 0.5) is 0 Å². The highest BCUT2D eigenvalue weighted by molar-refractivity contribution is 7.80. The molecule has 3 heterocycles. The Morgan fingerprint density at radius 3 is 2.73 bits per heavy atom. The molecule has 1 aliphatic heterocycles. The molecule has 22 heavy (non-hydrogen) atoms. The van der Waals surface area contributed by atoms with E-state index in [0.717, 1.165) is 23.8 Å².